The summed E-state index contributed by atoms with van der Waals surface area (Å²) in [6, 6.07) is 0. The van der Waals surface area contributed by atoms with Crippen LogP contribution in [0.5, 0.6) is 0 Å². The summed E-state index contributed by atoms with van der Waals surface area (Å²) in [6.45, 7) is 0. The van der Waals surface area contributed by atoms with Gasteiger partial charge in [-0.1, -0.05) is 0 Å². The third kappa shape index (κ3) is 1.03. The molecule has 0 saturated heterocycles. The Kier molecular flexibility index (Phi) is 1.49. The molecule has 0 aromatic carbocycles. The van der Waals surface area contributed by atoms with Crippen molar-refractivity contribution in [2.45, 2.75) is 5.06 Å². The lowest BCUT2D eigenvalue weighted by atomic mass is 10.3. The molecule has 6 N–H and O–H groups in total. The quantitative estimate of drug-likeness (QED) is 0.215. The fourth-order valence-electron chi connectivity index (χ4n) is 0.518. The molecule has 0 radical (unpaired) electrons. The van der Waals surface area contributed by atoms with Crippen molar-refractivity contribution in [3.8, 4) is 0 Å². The number of hydrogen-bond acceptors (Lipinski definition) is 6. The summed E-state index contributed by atoms with van der Waals surface area (Å²) in [4.78, 5) is 3.59. The van der Waals surface area contributed by atoms with Crippen LogP contribution in [-0.4, -0.2) is 16.5 Å². The van der Waals surface area contributed by atoms with Gasteiger partial charge in [-0.25, -0.2) is 4.99 Å². The van der Waals surface area contributed by atoms with Gasteiger partial charge in [0.05, 0.1) is 6.34 Å². The van der Waals surface area contributed by atoms with Crippen LogP contribution in [-0.2, 0) is 0 Å². The second-order valence-electron chi connectivity index (χ2n) is 1.87. The molecule has 0 bridgehead atoms. The van der Waals surface area contributed by atoms with Crippen LogP contribution in [0.15, 0.2) is 16.5 Å². The first-order chi connectivity index (χ1) is 4.54. The third-order valence-electron chi connectivity index (χ3n) is 1.12. The Morgan fingerprint density at radius 1 is 1.70 bits per heavy atom. The normalized spacial score (nSPS) is 32.2. The second-order valence-corrected chi connectivity index (χ2v) is 2.52. The van der Waals surface area contributed by atoms with Crippen molar-refractivity contribution < 1.29 is 5.11 Å². The van der Waals surface area contributed by atoms with Gasteiger partial charge in [0, 0.05) is 0 Å². The average molecular weight is 160 g/mol. The van der Waals surface area contributed by atoms with Crippen LogP contribution in [0.2, 0.25) is 0 Å². The summed E-state index contributed by atoms with van der Waals surface area (Å²) in [5.74, 6) is 0.0799. The number of hydrogen-bond donors (Lipinski definition) is 5. The summed E-state index contributed by atoms with van der Waals surface area (Å²) in [7, 11) is 0. The first-order valence-corrected chi connectivity index (χ1v) is 2.99. The van der Waals surface area contributed by atoms with E-state index < -0.39 is 5.06 Å². The van der Waals surface area contributed by atoms with E-state index in [1.807, 2.05) is 0 Å². The van der Waals surface area contributed by atoms with Gasteiger partial charge in [0.2, 0.25) is 5.06 Å². The zero-order chi connectivity index (χ0) is 7.78. The van der Waals surface area contributed by atoms with Crippen molar-refractivity contribution in [2.24, 2.45) is 16.5 Å². The van der Waals surface area contributed by atoms with Crippen LogP contribution >= 0.6 is 12.6 Å². The van der Waals surface area contributed by atoms with E-state index in [0.717, 1.165) is 0 Å². The van der Waals surface area contributed by atoms with E-state index >= 15 is 0 Å². The largest absolute Gasteiger partial charge is 0.394 e. The number of nitrogens with two attached hydrogens (primary N) is 2. The van der Waals surface area contributed by atoms with E-state index in [9.17, 15) is 5.11 Å². The molecular weight excluding hydrogens is 152 g/mol. The molecule has 1 rings (SSSR count). The molecule has 1 aliphatic rings. The second kappa shape index (κ2) is 2.06. The van der Waals surface area contributed by atoms with Crippen LogP contribution in [0.3, 0.4) is 0 Å². The van der Waals surface area contributed by atoms with E-state index in [-0.39, 0.29) is 11.5 Å². The van der Waals surface area contributed by atoms with E-state index in [1.165, 1.54) is 6.34 Å². The fourth-order valence-corrected chi connectivity index (χ4v) is 0.690. The Hall–Kier alpha value is -0.880. The zero-order valence-electron chi connectivity index (χ0n) is 5.07. The van der Waals surface area contributed by atoms with Crippen LogP contribution in [0.1, 0.15) is 0 Å². The van der Waals surface area contributed by atoms with Crippen molar-refractivity contribution in [3.05, 3.63) is 11.5 Å². The molecule has 0 aromatic rings. The minimum absolute atomic E-state index is 0.0123. The molecule has 0 fully saturated rings. The van der Waals surface area contributed by atoms with E-state index in [1.54, 1.807) is 0 Å². The Bertz CT molecular complexity index is 209. The minimum atomic E-state index is -1.56. The van der Waals surface area contributed by atoms with E-state index in [0.29, 0.717) is 0 Å². The maximum Gasteiger partial charge on any atom is 0.228 e. The first kappa shape index (κ1) is 7.23. The predicted molar refractivity (Wildman–Crippen MR) is 41.0 cm³/mol. The summed E-state index contributed by atoms with van der Waals surface area (Å²) in [6.07, 6.45) is 1.23. The highest BCUT2D eigenvalue weighted by molar-refractivity contribution is 7.81. The van der Waals surface area contributed by atoms with Gasteiger partial charge in [0.1, 0.15) is 11.5 Å². The number of aliphatic hydroxyl groups is 1. The van der Waals surface area contributed by atoms with Crippen LogP contribution in [0.4, 0.5) is 0 Å². The van der Waals surface area contributed by atoms with Gasteiger partial charge in [0.15, 0.2) is 0 Å². The van der Waals surface area contributed by atoms with Gasteiger partial charge in [-0.3, -0.25) is 0 Å². The lowest BCUT2D eigenvalue weighted by Crippen LogP contribution is -2.47. The van der Waals surface area contributed by atoms with Crippen molar-refractivity contribution in [3.63, 3.8) is 0 Å². The predicted octanol–water partition coefficient (Wildman–Crippen LogP) is -1.72. The maximum atomic E-state index is 9.21. The van der Waals surface area contributed by atoms with Gasteiger partial charge in [0.25, 0.3) is 0 Å². The monoisotopic (exact) mass is 160 g/mol. The number of nitrogens with one attached hydrogen (secondary N) is 1. The Morgan fingerprint density at radius 3 is 2.70 bits per heavy atom. The molecule has 10 heavy (non-hydrogen) atoms. The number of nitrogens with zero attached hydrogens (tertiary/aromatic N) is 1. The Morgan fingerprint density at radius 2 is 2.30 bits per heavy atom. The third-order valence-corrected chi connectivity index (χ3v) is 1.49. The smallest absolute Gasteiger partial charge is 0.228 e. The van der Waals surface area contributed by atoms with Gasteiger partial charge >= 0.3 is 0 Å². The lowest BCUT2D eigenvalue weighted by molar-refractivity contribution is 0.158. The van der Waals surface area contributed by atoms with Crippen LogP contribution in [0, 0.1) is 0 Å². The van der Waals surface area contributed by atoms with E-state index in [4.69, 9.17) is 11.5 Å². The molecule has 1 heterocycles. The van der Waals surface area contributed by atoms with Crippen molar-refractivity contribution in [2.75, 3.05) is 0 Å². The highest BCUT2D eigenvalue weighted by atomic mass is 32.1. The van der Waals surface area contributed by atoms with Gasteiger partial charge < -0.3 is 21.9 Å². The summed E-state index contributed by atoms with van der Waals surface area (Å²) < 4.78 is 0. The average Bonchev–Trinajstić information content (AvgIpc) is 1.83. The highest BCUT2D eigenvalue weighted by Crippen LogP contribution is 2.16. The summed E-state index contributed by atoms with van der Waals surface area (Å²) >= 11 is 3.76. The lowest BCUT2D eigenvalue weighted by Gasteiger charge is -2.25. The zero-order valence-corrected chi connectivity index (χ0v) is 5.97. The van der Waals surface area contributed by atoms with Crippen molar-refractivity contribution >= 4 is 19.0 Å². The molecule has 1 unspecified atom stereocenters. The van der Waals surface area contributed by atoms with E-state index in [2.05, 4.69) is 22.9 Å². The number of rotatable bonds is 0. The summed E-state index contributed by atoms with van der Waals surface area (Å²) in [5.41, 5.74) is 10.6. The van der Waals surface area contributed by atoms with Gasteiger partial charge in [-0.05, 0) is 0 Å². The summed E-state index contributed by atoms with van der Waals surface area (Å²) in [5, 5.41) is 10.1. The molecule has 0 saturated carbocycles. The topological polar surface area (TPSA) is 96.7 Å². The molecule has 56 valence electrons. The Labute approximate surface area is 63.2 Å². The standard InChI is InChI=1S/C4H8N4OS/c5-2-3(6)7-1-8-4(2,9)10/h1,9-10H,5-6H2,(H,7,8). The fraction of sp³-hybridized carbons (Fsp3) is 0.250. The Balaban J connectivity index is 2.99. The minimum Gasteiger partial charge on any atom is -0.394 e. The molecule has 0 aliphatic carbocycles. The maximum absolute atomic E-state index is 9.21. The van der Waals surface area contributed by atoms with Gasteiger partial charge in [-0.2, -0.15) is 0 Å². The number of thiol groups is 1. The highest BCUT2D eigenvalue weighted by Gasteiger charge is 2.28. The SMILES string of the molecule is NC1=C(N)C(O)(S)NC=N1. The van der Waals surface area contributed by atoms with Gasteiger partial charge in [-0.15, -0.1) is 12.6 Å². The van der Waals surface area contributed by atoms with Crippen molar-refractivity contribution in [1.29, 1.82) is 0 Å². The van der Waals surface area contributed by atoms with Crippen molar-refractivity contribution in [1.82, 2.24) is 5.32 Å². The molecular formula is C4H8N4OS. The molecule has 0 spiro atoms. The molecule has 0 aromatic heterocycles. The molecule has 6 heteroatoms. The number of aliphatic imine (C=N–C) groups is 1. The first-order valence-electron chi connectivity index (χ1n) is 2.55. The molecule has 0 amide bonds. The van der Waals surface area contributed by atoms with Crippen LogP contribution in [0.25, 0.3) is 0 Å². The van der Waals surface area contributed by atoms with Crippen LogP contribution < -0.4 is 16.8 Å². The molecule has 5 nitrogen and oxygen atoms in total. The molecule has 1 atom stereocenters. The molecule has 1 aliphatic heterocycles.